The summed E-state index contributed by atoms with van der Waals surface area (Å²) in [6.07, 6.45) is 6.80. The number of ketones is 1. The highest BCUT2D eigenvalue weighted by atomic mass is 16.5. The fourth-order valence-corrected chi connectivity index (χ4v) is 8.08. The summed E-state index contributed by atoms with van der Waals surface area (Å²) in [4.78, 5) is 23.9. The van der Waals surface area contributed by atoms with Crippen LogP contribution in [-0.2, 0) is 14.3 Å². The molecule has 0 spiro atoms. The van der Waals surface area contributed by atoms with Crippen LogP contribution in [0.15, 0.2) is 0 Å². The van der Waals surface area contributed by atoms with Gasteiger partial charge >= 0.3 is 5.97 Å². The quantitative estimate of drug-likeness (QED) is 0.721. The van der Waals surface area contributed by atoms with E-state index in [2.05, 4.69) is 13.8 Å². The number of hydrogen-bond acceptors (Lipinski definition) is 5. The van der Waals surface area contributed by atoms with Gasteiger partial charge in [-0.3, -0.25) is 9.59 Å². The molecule has 9 atom stereocenters. The zero-order valence-corrected chi connectivity index (χ0v) is 17.5. The minimum absolute atomic E-state index is 0.0337. The van der Waals surface area contributed by atoms with Gasteiger partial charge in [0, 0.05) is 12.8 Å². The van der Waals surface area contributed by atoms with E-state index in [9.17, 15) is 19.8 Å². The Bertz CT molecular complexity index is 647. The third-order valence-corrected chi connectivity index (χ3v) is 9.46. The van der Waals surface area contributed by atoms with Gasteiger partial charge in [-0.1, -0.05) is 13.8 Å². The zero-order chi connectivity index (χ0) is 20.3. The standard InChI is InChI=1S/C23H36O5/c1-13(24)28-12-21(27)18-5-4-16-15-11-20(26)19-10-14(25)6-8-23(19,3)17(15)7-9-22(16,18)2/h14-20,25-26H,4-12H2,1-3H3. The van der Waals surface area contributed by atoms with Crippen LogP contribution >= 0.6 is 0 Å². The van der Waals surface area contributed by atoms with Gasteiger partial charge in [-0.05, 0) is 85.9 Å². The molecular formula is C23H36O5. The molecule has 0 aliphatic heterocycles. The zero-order valence-electron chi connectivity index (χ0n) is 17.5. The number of fused-ring (bicyclic) bond motifs is 5. The first-order valence-corrected chi connectivity index (χ1v) is 11.2. The summed E-state index contributed by atoms with van der Waals surface area (Å²) in [6.45, 7) is 5.86. The van der Waals surface area contributed by atoms with Crippen LogP contribution in [0.25, 0.3) is 0 Å². The molecule has 0 heterocycles. The molecule has 4 saturated carbocycles. The van der Waals surface area contributed by atoms with E-state index in [0.29, 0.717) is 17.8 Å². The molecule has 0 bridgehead atoms. The summed E-state index contributed by atoms with van der Waals surface area (Å²) in [5, 5.41) is 21.2. The van der Waals surface area contributed by atoms with E-state index in [0.717, 1.165) is 51.4 Å². The maximum Gasteiger partial charge on any atom is 0.303 e. The average molecular weight is 393 g/mol. The SMILES string of the molecule is CC(=O)OCC(=O)C1CCC2C3CC(O)C4CC(O)CCC4(C)C3CCC12C. The number of carbonyl (C=O) groups excluding carboxylic acids is 2. The summed E-state index contributed by atoms with van der Waals surface area (Å²) in [6, 6.07) is 0. The molecule has 28 heavy (non-hydrogen) atoms. The van der Waals surface area contributed by atoms with E-state index in [4.69, 9.17) is 4.74 Å². The van der Waals surface area contributed by atoms with Crippen molar-refractivity contribution in [1.29, 1.82) is 0 Å². The lowest BCUT2D eigenvalue weighted by atomic mass is 9.44. The Balaban J connectivity index is 1.55. The maximum absolute atomic E-state index is 12.8. The molecule has 158 valence electrons. The van der Waals surface area contributed by atoms with Crippen LogP contribution in [0.4, 0.5) is 0 Å². The lowest BCUT2D eigenvalue weighted by molar-refractivity contribution is -0.172. The summed E-state index contributed by atoms with van der Waals surface area (Å²) < 4.78 is 5.01. The number of aliphatic hydroxyl groups is 2. The van der Waals surface area contributed by atoms with Crippen molar-refractivity contribution in [2.24, 2.45) is 40.4 Å². The van der Waals surface area contributed by atoms with Crippen molar-refractivity contribution >= 4 is 11.8 Å². The van der Waals surface area contributed by atoms with Gasteiger partial charge in [0.25, 0.3) is 0 Å². The highest BCUT2D eigenvalue weighted by molar-refractivity contribution is 5.85. The monoisotopic (exact) mass is 392 g/mol. The van der Waals surface area contributed by atoms with Crippen LogP contribution in [0.5, 0.6) is 0 Å². The molecule has 4 aliphatic rings. The molecule has 4 fully saturated rings. The van der Waals surface area contributed by atoms with Crippen molar-refractivity contribution in [2.45, 2.75) is 84.3 Å². The lowest BCUT2D eigenvalue weighted by Gasteiger charge is -2.62. The van der Waals surface area contributed by atoms with Crippen molar-refractivity contribution < 1.29 is 24.5 Å². The summed E-state index contributed by atoms with van der Waals surface area (Å²) in [5.41, 5.74) is 0.0538. The number of Topliss-reactive ketones (excluding diaryl/α,β-unsaturated/α-hetero) is 1. The third-order valence-electron chi connectivity index (χ3n) is 9.46. The highest BCUT2D eigenvalue weighted by Crippen LogP contribution is 2.67. The number of esters is 1. The second-order valence-corrected chi connectivity index (χ2v) is 10.6. The number of carbonyl (C=O) groups is 2. The van der Waals surface area contributed by atoms with Crippen LogP contribution in [0.1, 0.15) is 72.1 Å². The maximum atomic E-state index is 12.8. The van der Waals surface area contributed by atoms with Crippen molar-refractivity contribution in [2.75, 3.05) is 6.61 Å². The molecule has 5 heteroatoms. The molecular weight excluding hydrogens is 356 g/mol. The molecule has 0 amide bonds. The van der Waals surface area contributed by atoms with Crippen LogP contribution in [0.2, 0.25) is 0 Å². The summed E-state index contributed by atoms with van der Waals surface area (Å²) >= 11 is 0. The van der Waals surface area contributed by atoms with Crippen LogP contribution in [0.3, 0.4) is 0 Å². The molecule has 0 aromatic heterocycles. The minimum atomic E-state index is -0.398. The van der Waals surface area contributed by atoms with E-state index in [1.807, 2.05) is 0 Å². The van der Waals surface area contributed by atoms with E-state index in [1.54, 1.807) is 0 Å². The second-order valence-electron chi connectivity index (χ2n) is 10.6. The fourth-order valence-electron chi connectivity index (χ4n) is 8.08. The highest BCUT2D eigenvalue weighted by Gasteiger charge is 2.62. The predicted octanol–water partition coefficient (Wildman–Crippen LogP) is 3.11. The summed E-state index contributed by atoms with van der Waals surface area (Å²) in [7, 11) is 0. The Labute approximate surface area is 168 Å². The molecule has 0 aromatic carbocycles. The molecule has 4 aliphatic carbocycles. The Morgan fingerprint density at radius 3 is 2.32 bits per heavy atom. The number of rotatable bonds is 3. The Hall–Kier alpha value is -0.940. The van der Waals surface area contributed by atoms with Crippen LogP contribution < -0.4 is 0 Å². The lowest BCUT2D eigenvalue weighted by Crippen LogP contribution is -2.58. The smallest absolute Gasteiger partial charge is 0.303 e. The van der Waals surface area contributed by atoms with Gasteiger partial charge in [-0.25, -0.2) is 0 Å². The first kappa shape index (κ1) is 20.3. The van der Waals surface area contributed by atoms with Crippen molar-refractivity contribution in [3.8, 4) is 0 Å². The fraction of sp³-hybridized carbons (Fsp3) is 0.913. The van der Waals surface area contributed by atoms with Crippen molar-refractivity contribution in [3.63, 3.8) is 0 Å². The van der Waals surface area contributed by atoms with Gasteiger partial charge in [-0.2, -0.15) is 0 Å². The number of aliphatic hydroxyl groups excluding tert-OH is 2. The van der Waals surface area contributed by atoms with Gasteiger partial charge < -0.3 is 14.9 Å². The van der Waals surface area contributed by atoms with Gasteiger partial charge in [0.05, 0.1) is 12.2 Å². The molecule has 0 radical (unpaired) electrons. The Kier molecular flexibility index (Phi) is 5.15. The average Bonchev–Trinajstić information content (AvgIpc) is 2.99. The molecule has 5 nitrogen and oxygen atoms in total. The Morgan fingerprint density at radius 2 is 1.61 bits per heavy atom. The number of hydrogen-bond donors (Lipinski definition) is 2. The molecule has 0 aromatic rings. The van der Waals surface area contributed by atoms with E-state index in [-0.39, 0.29) is 47.3 Å². The minimum Gasteiger partial charge on any atom is -0.458 e. The van der Waals surface area contributed by atoms with Crippen molar-refractivity contribution in [1.82, 2.24) is 0 Å². The first-order chi connectivity index (χ1) is 13.2. The molecule has 9 unspecified atom stereocenters. The predicted molar refractivity (Wildman–Crippen MR) is 104 cm³/mol. The van der Waals surface area contributed by atoms with E-state index < -0.39 is 5.97 Å². The normalized spacial score (nSPS) is 50.2. The Morgan fingerprint density at radius 1 is 0.929 bits per heavy atom. The number of ether oxygens (including phenoxy) is 1. The van der Waals surface area contributed by atoms with Crippen LogP contribution in [0, 0.1) is 40.4 Å². The molecule has 0 saturated heterocycles. The van der Waals surface area contributed by atoms with Gasteiger partial charge in [0.2, 0.25) is 0 Å². The van der Waals surface area contributed by atoms with Crippen LogP contribution in [-0.4, -0.2) is 40.8 Å². The summed E-state index contributed by atoms with van der Waals surface area (Å²) in [5.74, 6) is 1.33. The topological polar surface area (TPSA) is 83.8 Å². The molecule has 2 N–H and O–H groups in total. The first-order valence-electron chi connectivity index (χ1n) is 11.2. The van der Waals surface area contributed by atoms with E-state index in [1.165, 1.54) is 6.92 Å². The third kappa shape index (κ3) is 3.04. The van der Waals surface area contributed by atoms with Gasteiger partial charge in [0.1, 0.15) is 6.61 Å². The molecule has 4 rings (SSSR count). The largest absolute Gasteiger partial charge is 0.458 e. The van der Waals surface area contributed by atoms with E-state index >= 15 is 0 Å². The van der Waals surface area contributed by atoms with Gasteiger partial charge in [0.15, 0.2) is 5.78 Å². The van der Waals surface area contributed by atoms with Gasteiger partial charge in [-0.15, -0.1) is 0 Å². The van der Waals surface area contributed by atoms with Crippen molar-refractivity contribution in [3.05, 3.63) is 0 Å². The second kappa shape index (κ2) is 7.09.